The van der Waals surface area contributed by atoms with Crippen LogP contribution in [-0.4, -0.2) is 39.6 Å². The Hall–Kier alpha value is -5.05. The van der Waals surface area contributed by atoms with Crippen LogP contribution in [0.3, 0.4) is 0 Å². The second-order valence-electron chi connectivity index (χ2n) is 14.4. The maximum Gasteiger partial charge on any atom is 0.268 e. The van der Waals surface area contributed by atoms with Gasteiger partial charge in [-0.05, 0) is 107 Å². The van der Waals surface area contributed by atoms with Gasteiger partial charge in [0.15, 0.2) is 0 Å². The topological polar surface area (TPSA) is 102 Å². The maximum absolute atomic E-state index is 14.1. The third-order valence-electron chi connectivity index (χ3n) is 9.38. The number of carbonyl (C=O) groups is 2. The SMILES string of the molecule is COS(=O)(=O)CCNC(=O)c1ccc(C[C@@H](C(=O)Nc2ccc(-c3c(C)cc(C)cc3C)cc2)c2ccc(-c3ccc(C(C)(C)C)cc3)cc2)cc1. The van der Waals surface area contributed by atoms with E-state index < -0.39 is 21.9 Å². The highest BCUT2D eigenvalue weighted by Gasteiger charge is 2.23. The van der Waals surface area contributed by atoms with E-state index in [0.717, 1.165) is 34.9 Å². The van der Waals surface area contributed by atoms with Crippen LogP contribution in [0.4, 0.5) is 5.69 Å². The summed E-state index contributed by atoms with van der Waals surface area (Å²) in [5.41, 5.74) is 12.3. The minimum absolute atomic E-state index is 0.0666. The van der Waals surface area contributed by atoms with Gasteiger partial charge in [0.2, 0.25) is 5.91 Å². The van der Waals surface area contributed by atoms with Crippen LogP contribution in [0.15, 0.2) is 109 Å². The van der Waals surface area contributed by atoms with Crippen molar-refractivity contribution in [2.75, 3.05) is 24.7 Å². The third-order valence-corrected chi connectivity index (χ3v) is 10.6. The van der Waals surface area contributed by atoms with Crippen LogP contribution in [0, 0.1) is 20.8 Å². The summed E-state index contributed by atoms with van der Waals surface area (Å²) >= 11 is 0. The highest BCUT2D eigenvalue weighted by atomic mass is 32.2. The van der Waals surface area contributed by atoms with Gasteiger partial charge >= 0.3 is 0 Å². The quantitative estimate of drug-likeness (QED) is 0.126. The van der Waals surface area contributed by atoms with Gasteiger partial charge in [0.05, 0.1) is 18.8 Å². The lowest BCUT2D eigenvalue weighted by Crippen LogP contribution is -2.29. The van der Waals surface area contributed by atoms with Crippen LogP contribution >= 0.6 is 0 Å². The average Bonchev–Trinajstić information content (AvgIpc) is 3.11. The maximum atomic E-state index is 14.1. The van der Waals surface area contributed by atoms with Gasteiger partial charge in [0, 0.05) is 17.8 Å². The van der Waals surface area contributed by atoms with Gasteiger partial charge in [-0.2, -0.15) is 8.42 Å². The molecule has 0 saturated carbocycles. The van der Waals surface area contributed by atoms with E-state index in [4.69, 9.17) is 0 Å². The molecule has 1 atom stereocenters. The van der Waals surface area contributed by atoms with Crippen molar-refractivity contribution in [2.24, 2.45) is 0 Å². The first-order valence-corrected chi connectivity index (χ1v) is 19.1. The first kappa shape index (κ1) is 38.2. The largest absolute Gasteiger partial charge is 0.351 e. The van der Waals surface area contributed by atoms with Crippen LogP contribution in [-0.2, 0) is 30.9 Å². The lowest BCUT2D eigenvalue weighted by atomic mass is 9.86. The van der Waals surface area contributed by atoms with Crippen LogP contribution in [0.2, 0.25) is 0 Å². The summed E-state index contributed by atoms with van der Waals surface area (Å²) in [5.74, 6) is -1.37. The first-order chi connectivity index (χ1) is 24.6. The molecular formula is C44H48N2O5S. The Morgan fingerprint density at radius 3 is 1.81 bits per heavy atom. The summed E-state index contributed by atoms with van der Waals surface area (Å²) in [6, 6.07) is 36.1. The molecule has 5 rings (SSSR count). The van der Waals surface area contributed by atoms with Crippen LogP contribution < -0.4 is 10.6 Å². The molecule has 0 aliphatic rings. The van der Waals surface area contributed by atoms with Gasteiger partial charge in [0.1, 0.15) is 0 Å². The number of amides is 2. The second kappa shape index (κ2) is 16.1. The number of benzene rings is 5. The van der Waals surface area contributed by atoms with Crippen LogP contribution in [0.25, 0.3) is 22.3 Å². The van der Waals surface area contributed by atoms with E-state index in [1.165, 1.54) is 27.8 Å². The van der Waals surface area contributed by atoms with Crippen molar-refractivity contribution in [3.63, 3.8) is 0 Å². The fourth-order valence-electron chi connectivity index (χ4n) is 6.52. The zero-order valence-corrected chi connectivity index (χ0v) is 31.9. The molecule has 0 bridgehead atoms. The lowest BCUT2D eigenvalue weighted by Gasteiger charge is -2.20. The molecule has 0 fully saturated rings. The molecule has 7 nitrogen and oxygen atoms in total. The van der Waals surface area contributed by atoms with Gasteiger partial charge in [-0.3, -0.25) is 13.8 Å². The van der Waals surface area contributed by atoms with Gasteiger partial charge in [-0.1, -0.05) is 111 Å². The standard InChI is InChI=1S/C44H48N2O5S/c1-29-26-30(2)41(31(3)27-29)36-18-22-39(23-19-36)46-43(48)40(28-32-8-10-37(11-9-32)42(47)45-24-25-52(49,50)51-7)35-14-12-33(13-15-35)34-16-20-38(21-17-34)44(4,5)6/h8-23,26-27,40H,24-25,28H2,1-7H3,(H,45,47)(H,46,48)/t40-/m1/s1. The predicted molar refractivity (Wildman–Crippen MR) is 211 cm³/mol. The number of hydrogen-bond acceptors (Lipinski definition) is 5. The van der Waals surface area contributed by atoms with E-state index in [1.54, 1.807) is 12.1 Å². The first-order valence-electron chi connectivity index (χ1n) is 17.5. The number of aryl methyl sites for hydroxylation is 3. The highest BCUT2D eigenvalue weighted by Crippen LogP contribution is 2.31. The molecule has 8 heteroatoms. The number of hydrogen-bond donors (Lipinski definition) is 2. The fourth-order valence-corrected chi connectivity index (χ4v) is 7.04. The molecule has 0 spiro atoms. The smallest absolute Gasteiger partial charge is 0.268 e. The van der Waals surface area contributed by atoms with Crippen molar-refractivity contribution in [2.45, 2.75) is 59.3 Å². The summed E-state index contributed by atoms with van der Waals surface area (Å²) in [6.45, 7) is 12.9. The molecule has 52 heavy (non-hydrogen) atoms. The van der Waals surface area contributed by atoms with Gasteiger partial charge in [-0.25, -0.2) is 0 Å². The molecular weight excluding hydrogens is 669 g/mol. The molecule has 0 unspecified atom stereocenters. The van der Waals surface area contributed by atoms with E-state index >= 15 is 0 Å². The summed E-state index contributed by atoms with van der Waals surface area (Å²) in [5, 5.41) is 5.76. The Kier molecular flexibility index (Phi) is 11.8. The van der Waals surface area contributed by atoms with Crippen molar-refractivity contribution in [3.05, 3.63) is 148 Å². The van der Waals surface area contributed by atoms with Crippen molar-refractivity contribution in [1.29, 1.82) is 0 Å². The molecule has 2 N–H and O–H groups in total. The Labute approximate surface area is 308 Å². The molecule has 0 aliphatic carbocycles. The van der Waals surface area contributed by atoms with Crippen molar-refractivity contribution >= 4 is 27.6 Å². The van der Waals surface area contributed by atoms with Crippen molar-refractivity contribution < 1.29 is 22.2 Å². The molecule has 2 amide bonds. The predicted octanol–water partition coefficient (Wildman–Crippen LogP) is 8.91. The van der Waals surface area contributed by atoms with Gasteiger partial charge in [0.25, 0.3) is 16.0 Å². The van der Waals surface area contributed by atoms with E-state index in [2.05, 4.69) is 105 Å². The molecule has 0 radical (unpaired) electrons. The second-order valence-corrected chi connectivity index (χ2v) is 16.3. The molecule has 5 aromatic carbocycles. The van der Waals surface area contributed by atoms with Crippen molar-refractivity contribution in [3.8, 4) is 22.3 Å². The Balaban J connectivity index is 1.37. The zero-order valence-electron chi connectivity index (χ0n) is 31.0. The number of anilines is 1. The molecule has 0 aliphatic heterocycles. The fraction of sp³-hybridized carbons (Fsp3) is 0.273. The summed E-state index contributed by atoms with van der Waals surface area (Å²) < 4.78 is 27.6. The summed E-state index contributed by atoms with van der Waals surface area (Å²) in [7, 11) is -2.58. The minimum Gasteiger partial charge on any atom is -0.351 e. The normalized spacial score (nSPS) is 12.3. The lowest BCUT2D eigenvalue weighted by molar-refractivity contribution is -0.117. The number of rotatable bonds is 12. The summed E-state index contributed by atoms with van der Waals surface area (Å²) in [6.07, 6.45) is 0.402. The Bertz CT molecular complexity index is 2110. The Morgan fingerprint density at radius 2 is 1.27 bits per heavy atom. The summed E-state index contributed by atoms with van der Waals surface area (Å²) in [4.78, 5) is 26.7. The molecule has 270 valence electrons. The van der Waals surface area contributed by atoms with Gasteiger partial charge < -0.3 is 10.6 Å². The van der Waals surface area contributed by atoms with Crippen LogP contribution in [0.1, 0.15) is 70.4 Å². The van der Waals surface area contributed by atoms with E-state index in [0.29, 0.717) is 17.7 Å². The number of nitrogens with one attached hydrogen (secondary N) is 2. The third kappa shape index (κ3) is 9.63. The van der Waals surface area contributed by atoms with Gasteiger partial charge in [-0.15, -0.1) is 0 Å². The average molecular weight is 717 g/mol. The minimum atomic E-state index is -3.67. The molecule has 0 heterocycles. The molecule has 0 aromatic heterocycles. The number of carbonyl (C=O) groups excluding carboxylic acids is 2. The Morgan fingerprint density at radius 1 is 0.731 bits per heavy atom. The van der Waals surface area contributed by atoms with E-state index in [9.17, 15) is 18.0 Å². The van der Waals surface area contributed by atoms with Crippen molar-refractivity contribution in [1.82, 2.24) is 5.32 Å². The van der Waals surface area contributed by atoms with E-state index in [1.807, 2.05) is 48.5 Å². The van der Waals surface area contributed by atoms with E-state index in [-0.39, 0.29) is 23.6 Å². The van der Waals surface area contributed by atoms with Crippen LogP contribution in [0.5, 0.6) is 0 Å². The molecule has 0 saturated heterocycles. The monoisotopic (exact) mass is 716 g/mol. The highest BCUT2D eigenvalue weighted by molar-refractivity contribution is 7.86. The zero-order chi connectivity index (χ0) is 37.6. The molecule has 5 aromatic rings.